The fourth-order valence-electron chi connectivity index (χ4n) is 1.34. The molecule has 0 radical (unpaired) electrons. The van der Waals surface area contributed by atoms with E-state index < -0.39 is 0 Å². The number of nitriles is 1. The van der Waals surface area contributed by atoms with Gasteiger partial charge in [-0.3, -0.25) is 4.79 Å². The fraction of sp³-hybridized carbons (Fsp3) is 0.231. The van der Waals surface area contributed by atoms with Crippen LogP contribution in [0.2, 0.25) is 0 Å². The number of carbonyl (C=O) groups excluding carboxylic acids is 1. The molecule has 0 aliphatic rings. The Balaban J connectivity index is 3.07. The van der Waals surface area contributed by atoms with E-state index in [2.05, 4.69) is 0 Å². The van der Waals surface area contributed by atoms with Crippen LogP contribution in [0.1, 0.15) is 15.9 Å². The Morgan fingerprint density at radius 3 is 2.62 bits per heavy atom. The molecule has 16 heavy (non-hydrogen) atoms. The minimum Gasteiger partial charge on any atom is -0.382 e. The molecular weight excluding hydrogens is 200 g/mol. The van der Waals surface area contributed by atoms with Crippen molar-refractivity contribution in [3.8, 4) is 6.07 Å². The summed E-state index contributed by atoms with van der Waals surface area (Å²) in [6.07, 6.45) is 1.53. The Morgan fingerprint density at radius 2 is 2.12 bits per heavy atom. The van der Waals surface area contributed by atoms with Crippen molar-refractivity contribution in [3.63, 3.8) is 0 Å². The van der Waals surface area contributed by atoms with Gasteiger partial charge in [0.05, 0.1) is 0 Å². The molecule has 1 aromatic rings. The molecule has 0 N–H and O–H groups in total. The molecule has 82 valence electrons. The van der Waals surface area contributed by atoms with Crippen molar-refractivity contribution in [1.82, 2.24) is 4.90 Å². The number of ketones is 1. The van der Waals surface area contributed by atoms with E-state index in [4.69, 9.17) is 5.26 Å². The average molecular weight is 214 g/mol. The molecular formula is C13H14N2O. The largest absolute Gasteiger partial charge is 0.382 e. The van der Waals surface area contributed by atoms with Gasteiger partial charge >= 0.3 is 0 Å². The maximum Gasteiger partial charge on any atom is 0.205 e. The predicted octanol–water partition coefficient (Wildman–Crippen LogP) is 2.15. The summed E-state index contributed by atoms with van der Waals surface area (Å²) in [5.74, 6) is -0.236. The van der Waals surface area contributed by atoms with E-state index in [1.165, 1.54) is 6.20 Å². The van der Waals surface area contributed by atoms with Gasteiger partial charge in [0, 0.05) is 25.9 Å². The highest BCUT2D eigenvalue weighted by molar-refractivity contribution is 6.11. The number of hydrogen-bond donors (Lipinski definition) is 0. The lowest BCUT2D eigenvalue weighted by atomic mass is 10.0. The maximum atomic E-state index is 11.9. The highest BCUT2D eigenvalue weighted by Gasteiger charge is 2.11. The van der Waals surface area contributed by atoms with Gasteiger partial charge in [-0.25, -0.2) is 0 Å². The molecule has 0 aliphatic carbocycles. The number of carbonyl (C=O) groups is 1. The molecule has 0 bridgehead atoms. The first-order valence-corrected chi connectivity index (χ1v) is 4.94. The van der Waals surface area contributed by atoms with E-state index in [0.29, 0.717) is 5.56 Å². The summed E-state index contributed by atoms with van der Waals surface area (Å²) in [7, 11) is 3.56. The van der Waals surface area contributed by atoms with Crippen molar-refractivity contribution in [1.29, 1.82) is 5.26 Å². The predicted molar refractivity (Wildman–Crippen MR) is 62.9 cm³/mol. The van der Waals surface area contributed by atoms with Crippen LogP contribution in [-0.4, -0.2) is 24.8 Å². The number of allylic oxidation sites excluding steroid dienone is 1. The van der Waals surface area contributed by atoms with Crippen LogP contribution >= 0.6 is 0 Å². The van der Waals surface area contributed by atoms with Crippen LogP contribution in [0.5, 0.6) is 0 Å². The topological polar surface area (TPSA) is 44.1 Å². The number of nitrogens with zero attached hydrogens (tertiary/aromatic N) is 2. The molecule has 0 unspecified atom stereocenters. The van der Waals surface area contributed by atoms with Gasteiger partial charge in [-0.2, -0.15) is 5.26 Å². The van der Waals surface area contributed by atoms with E-state index >= 15 is 0 Å². The second-order valence-corrected chi connectivity index (χ2v) is 3.82. The van der Waals surface area contributed by atoms with Crippen molar-refractivity contribution in [2.24, 2.45) is 0 Å². The molecule has 0 aliphatic heterocycles. The van der Waals surface area contributed by atoms with E-state index in [-0.39, 0.29) is 11.4 Å². The van der Waals surface area contributed by atoms with Crippen LogP contribution in [0, 0.1) is 18.3 Å². The second kappa shape index (κ2) is 5.13. The monoisotopic (exact) mass is 214 g/mol. The molecule has 0 amide bonds. The summed E-state index contributed by atoms with van der Waals surface area (Å²) in [5.41, 5.74) is 1.71. The highest BCUT2D eigenvalue weighted by atomic mass is 16.1. The van der Waals surface area contributed by atoms with Crippen molar-refractivity contribution >= 4 is 5.78 Å². The van der Waals surface area contributed by atoms with Gasteiger partial charge in [0.1, 0.15) is 11.6 Å². The van der Waals surface area contributed by atoms with Crippen LogP contribution in [0.15, 0.2) is 36.0 Å². The molecule has 0 fully saturated rings. The molecule has 0 saturated carbocycles. The molecule has 0 heterocycles. The van der Waals surface area contributed by atoms with Gasteiger partial charge in [-0.1, -0.05) is 23.8 Å². The Hall–Kier alpha value is -2.08. The SMILES string of the molecule is Cc1cccc(C(=O)/C(C#N)=C/N(C)C)c1. The smallest absolute Gasteiger partial charge is 0.205 e. The van der Waals surface area contributed by atoms with Crippen LogP contribution in [0.3, 0.4) is 0 Å². The van der Waals surface area contributed by atoms with E-state index in [1.807, 2.05) is 25.1 Å². The number of hydrogen-bond acceptors (Lipinski definition) is 3. The zero-order valence-corrected chi connectivity index (χ0v) is 9.69. The molecule has 0 saturated heterocycles. The molecule has 0 atom stereocenters. The highest BCUT2D eigenvalue weighted by Crippen LogP contribution is 2.10. The number of aryl methyl sites for hydroxylation is 1. The van der Waals surface area contributed by atoms with Gasteiger partial charge in [0.2, 0.25) is 5.78 Å². The van der Waals surface area contributed by atoms with Crippen LogP contribution in [0.4, 0.5) is 0 Å². The summed E-state index contributed by atoms with van der Waals surface area (Å²) < 4.78 is 0. The Bertz CT molecular complexity index is 467. The van der Waals surface area contributed by atoms with Gasteiger partial charge in [-0.05, 0) is 13.0 Å². The number of benzene rings is 1. The molecule has 0 aromatic heterocycles. The lowest BCUT2D eigenvalue weighted by molar-refractivity contribution is 0.103. The first-order chi connectivity index (χ1) is 7.54. The van der Waals surface area contributed by atoms with Crippen LogP contribution in [-0.2, 0) is 0 Å². The summed E-state index contributed by atoms with van der Waals surface area (Å²) in [4.78, 5) is 13.6. The summed E-state index contributed by atoms with van der Waals surface area (Å²) in [6.45, 7) is 1.92. The Kier molecular flexibility index (Phi) is 3.84. The van der Waals surface area contributed by atoms with E-state index in [1.54, 1.807) is 31.1 Å². The lowest BCUT2D eigenvalue weighted by Crippen LogP contribution is -2.08. The fourth-order valence-corrected chi connectivity index (χ4v) is 1.34. The van der Waals surface area contributed by atoms with Gasteiger partial charge in [0.25, 0.3) is 0 Å². The van der Waals surface area contributed by atoms with E-state index in [9.17, 15) is 4.79 Å². The summed E-state index contributed by atoms with van der Waals surface area (Å²) >= 11 is 0. The van der Waals surface area contributed by atoms with Gasteiger partial charge < -0.3 is 4.90 Å². The average Bonchev–Trinajstić information content (AvgIpc) is 2.24. The maximum absolute atomic E-state index is 11.9. The minimum absolute atomic E-state index is 0.149. The number of rotatable bonds is 3. The first-order valence-electron chi connectivity index (χ1n) is 4.94. The van der Waals surface area contributed by atoms with Crippen molar-refractivity contribution in [3.05, 3.63) is 47.2 Å². The van der Waals surface area contributed by atoms with Gasteiger partial charge in [-0.15, -0.1) is 0 Å². The summed E-state index contributed by atoms with van der Waals surface area (Å²) in [6, 6.07) is 9.15. The quantitative estimate of drug-likeness (QED) is 0.440. The Labute approximate surface area is 95.6 Å². The molecule has 0 spiro atoms. The second-order valence-electron chi connectivity index (χ2n) is 3.82. The normalized spacial score (nSPS) is 10.8. The van der Waals surface area contributed by atoms with Gasteiger partial charge in [0.15, 0.2) is 0 Å². The third kappa shape index (κ3) is 2.96. The Morgan fingerprint density at radius 1 is 1.44 bits per heavy atom. The number of Topliss-reactive ketones (excluding diaryl/α,β-unsaturated/α-hetero) is 1. The first kappa shape index (κ1) is 12.0. The third-order valence-corrected chi connectivity index (χ3v) is 2.03. The zero-order valence-electron chi connectivity index (χ0n) is 9.69. The molecule has 1 aromatic carbocycles. The lowest BCUT2D eigenvalue weighted by Gasteiger charge is -2.06. The molecule has 3 nitrogen and oxygen atoms in total. The molecule has 3 heteroatoms. The van der Waals surface area contributed by atoms with Crippen molar-refractivity contribution in [2.45, 2.75) is 6.92 Å². The zero-order chi connectivity index (χ0) is 12.1. The standard InChI is InChI=1S/C13H14N2O/c1-10-5-4-6-11(7-10)13(16)12(8-14)9-15(2)3/h4-7,9H,1-3H3/b12-9+. The minimum atomic E-state index is -0.236. The molecule has 1 rings (SSSR count). The van der Waals surface area contributed by atoms with Crippen LogP contribution < -0.4 is 0 Å². The van der Waals surface area contributed by atoms with Crippen LogP contribution in [0.25, 0.3) is 0 Å². The third-order valence-electron chi connectivity index (χ3n) is 2.03. The van der Waals surface area contributed by atoms with Crippen molar-refractivity contribution < 1.29 is 4.79 Å². The van der Waals surface area contributed by atoms with E-state index in [0.717, 1.165) is 5.56 Å². The summed E-state index contributed by atoms with van der Waals surface area (Å²) in [5, 5.41) is 8.91. The van der Waals surface area contributed by atoms with Crippen molar-refractivity contribution in [2.75, 3.05) is 14.1 Å².